The van der Waals surface area contributed by atoms with Gasteiger partial charge in [-0.3, -0.25) is 0 Å². The van der Waals surface area contributed by atoms with E-state index in [2.05, 4.69) is 0 Å². The van der Waals surface area contributed by atoms with Crippen molar-refractivity contribution in [3.8, 4) is 0 Å². The summed E-state index contributed by atoms with van der Waals surface area (Å²) in [5, 5.41) is 0. The summed E-state index contributed by atoms with van der Waals surface area (Å²) in [7, 11) is 0. The number of rotatable bonds is 5. The second-order valence-electron chi connectivity index (χ2n) is 1.86. The summed E-state index contributed by atoms with van der Waals surface area (Å²) in [6.07, 6.45) is -1.02. The van der Waals surface area contributed by atoms with Crippen molar-refractivity contribution in [1.29, 1.82) is 0 Å². The van der Waals surface area contributed by atoms with Crippen LogP contribution in [0.1, 0.15) is 13.8 Å². The Morgan fingerprint density at radius 2 is 1.50 bits per heavy atom. The van der Waals surface area contributed by atoms with E-state index in [4.69, 9.17) is 20.9 Å². The Balaban J connectivity index is 3.50. The third-order valence-corrected chi connectivity index (χ3v) is 0.976. The third kappa shape index (κ3) is 3.79. The zero-order valence-corrected chi connectivity index (χ0v) is 6.54. The molecule has 0 aromatic heterocycles. The Morgan fingerprint density at radius 3 is 1.70 bits per heavy atom. The van der Waals surface area contributed by atoms with Crippen molar-refractivity contribution in [3.05, 3.63) is 0 Å². The van der Waals surface area contributed by atoms with E-state index in [0.29, 0.717) is 13.2 Å². The molecule has 0 amide bonds. The number of hydrogen-bond donors (Lipinski definition) is 2. The van der Waals surface area contributed by atoms with Crippen LogP contribution >= 0.6 is 0 Å². The van der Waals surface area contributed by atoms with E-state index >= 15 is 0 Å². The second-order valence-corrected chi connectivity index (χ2v) is 1.86. The minimum atomic E-state index is -0.556. The van der Waals surface area contributed by atoms with Crippen LogP contribution in [0.3, 0.4) is 0 Å². The summed E-state index contributed by atoms with van der Waals surface area (Å²) in [5.74, 6) is 0. The van der Waals surface area contributed by atoms with E-state index in [1.807, 2.05) is 13.8 Å². The maximum absolute atomic E-state index is 5.34. The molecule has 0 atom stereocenters. The topological polar surface area (TPSA) is 70.5 Å². The predicted molar refractivity (Wildman–Crippen MR) is 39.2 cm³/mol. The first kappa shape index (κ1) is 9.84. The SMILES string of the molecule is CCOC(OCC)C(N)N. The Morgan fingerprint density at radius 1 is 1.10 bits per heavy atom. The van der Waals surface area contributed by atoms with Gasteiger partial charge in [0.1, 0.15) is 6.17 Å². The van der Waals surface area contributed by atoms with E-state index in [1.54, 1.807) is 0 Å². The van der Waals surface area contributed by atoms with E-state index < -0.39 is 12.5 Å². The molecule has 0 aliphatic rings. The first-order valence-electron chi connectivity index (χ1n) is 3.46. The van der Waals surface area contributed by atoms with Gasteiger partial charge in [-0.1, -0.05) is 0 Å². The summed E-state index contributed by atoms with van der Waals surface area (Å²) in [4.78, 5) is 0. The van der Waals surface area contributed by atoms with Gasteiger partial charge in [-0.15, -0.1) is 0 Å². The lowest BCUT2D eigenvalue weighted by Crippen LogP contribution is -2.45. The van der Waals surface area contributed by atoms with Gasteiger partial charge in [0, 0.05) is 13.2 Å². The fourth-order valence-electron chi connectivity index (χ4n) is 0.599. The molecule has 4 nitrogen and oxygen atoms in total. The van der Waals surface area contributed by atoms with Crippen LogP contribution in [0.5, 0.6) is 0 Å². The minimum Gasteiger partial charge on any atom is -0.350 e. The third-order valence-electron chi connectivity index (χ3n) is 0.976. The van der Waals surface area contributed by atoms with Crippen molar-refractivity contribution in [2.75, 3.05) is 13.2 Å². The highest BCUT2D eigenvalue weighted by molar-refractivity contribution is 4.55. The van der Waals surface area contributed by atoms with Crippen molar-refractivity contribution in [3.63, 3.8) is 0 Å². The first-order chi connectivity index (χ1) is 4.72. The monoisotopic (exact) mass is 148 g/mol. The molecule has 10 heavy (non-hydrogen) atoms. The summed E-state index contributed by atoms with van der Waals surface area (Å²) >= 11 is 0. The van der Waals surface area contributed by atoms with Crippen LogP contribution in [0.15, 0.2) is 0 Å². The average molecular weight is 148 g/mol. The van der Waals surface area contributed by atoms with Gasteiger partial charge in [-0.25, -0.2) is 0 Å². The van der Waals surface area contributed by atoms with Crippen LogP contribution in [0, 0.1) is 0 Å². The molecule has 0 spiro atoms. The quantitative estimate of drug-likeness (QED) is 0.522. The van der Waals surface area contributed by atoms with Gasteiger partial charge in [0.25, 0.3) is 0 Å². The van der Waals surface area contributed by atoms with E-state index in [9.17, 15) is 0 Å². The molecular weight excluding hydrogens is 132 g/mol. The van der Waals surface area contributed by atoms with Crippen molar-refractivity contribution in [2.24, 2.45) is 11.5 Å². The molecule has 0 rings (SSSR count). The first-order valence-corrected chi connectivity index (χ1v) is 3.46. The van der Waals surface area contributed by atoms with Crippen LogP contribution in [0.4, 0.5) is 0 Å². The lowest BCUT2D eigenvalue weighted by atomic mass is 10.5. The van der Waals surface area contributed by atoms with Gasteiger partial charge < -0.3 is 20.9 Å². The second kappa shape index (κ2) is 5.61. The van der Waals surface area contributed by atoms with Crippen molar-refractivity contribution in [1.82, 2.24) is 0 Å². The highest BCUT2D eigenvalue weighted by Crippen LogP contribution is 1.94. The lowest BCUT2D eigenvalue weighted by Gasteiger charge is -2.19. The smallest absolute Gasteiger partial charge is 0.185 e. The van der Waals surface area contributed by atoms with Gasteiger partial charge in [-0.2, -0.15) is 0 Å². The molecule has 0 aliphatic carbocycles. The zero-order chi connectivity index (χ0) is 7.98. The summed E-state index contributed by atoms with van der Waals surface area (Å²) < 4.78 is 10.1. The van der Waals surface area contributed by atoms with Gasteiger partial charge in [0.2, 0.25) is 0 Å². The average Bonchev–Trinajstić information content (AvgIpc) is 1.87. The fraction of sp³-hybridized carbons (Fsp3) is 1.00. The summed E-state index contributed by atoms with van der Waals surface area (Å²) in [5.41, 5.74) is 10.7. The van der Waals surface area contributed by atoms with Crippen LogP contribution in [0.25, 0.3) is 0 Å². The molecular formula is C6H16N2O2. The summed E-state index contributed by atoms with van der Waals surface area (Å²) in [6, 6.07) is 0. The Bertz CT molecular complexity index is 72.1. The minimum absolute atomic E-state index is 0.463. The molecule has 0 saturated carbocycles. The van der Waals surface area contributed by atoms with Crippen molar-refractivity contribution in [2.45, 2.75) is 26.3 Å². The van der Waals surface area contributed by atoms with E-state index in [-0.39, 0.29) is 0 Å². The molecule has 0 aromatic rings. The lowest BCUT2D eigenvalue weighted by molar-refractivity contribution is -0.147. The predicted octanol–water partition coefficient (Wildman–Crippen LogP) is -0.371. The molecule has 62 valence electrons. The van der Waals surface area contributed by atoms with Gasteiger partial charge in [-0.05, 0) is 13.8 Å². The number of nitrogens with two attached hydrogens (primary N) is 2. The fourth-order valence-corrected chi connectivity index (χ4v) is 0.599. The number of hydrogen-bond acceptors (Lipinski definition) is 4. The largest absolute Gasteiger partial charge is 0.350 e. The molecule has 4 N–H and O–H groups in total. The Labute approximate surface area is 61.5 Å². The van der Waals surface area contributed by atoms with E-state index in [0.717, 1.165) is 0 Å². The van der Waals surface area contributed by atoms with Gasteiger partial charge in [0.15, 0.2) is 6.29 Å². The van der Waals surface area contributed by atoms with Crippen LogP contribution in [-0.4, -0.2) is 25.7 Å². The molecule has 0 radical (unpaired) electrons. The molecule has 4 heteroatoms. The maximum atomic E-state index is 5.34. The van der Waals surface area contributed by atoms with E-state index in [1.165, 1.54) is 0 Å². The van der Waals surface area contributed by atoms with Crippen LogP contribution in [0.2, 0.25) is 0 Å². The number of ether oxygens (including phenoxy) is 2. The standard InChI is InChI=1S/C6H16N2O2/c1-3-9-6(5(7)8)10-4-2/h5-6H,3-4,7-8H2,1-2H3. The molecule has 0 heterocycles. The highest BCUT2D eigenvalue weighted by atomic mass is 16.7. The molecule has 0 unspecified atom stereocenters. The van der Waals surface area contributed by atoms with Crippen LogP contribution < -0.4 is 11.5 Å². The molecule has 0 aromatic carbocycles. The van der Waals surface area contributed by atoms with Crippen LogP contribution in [-0.2, 0) is 9.47 Å². The van der Waals surface area contributed by atoms with Crippen molar-refractivity contribution < 1.29 is 9.47 Å². The molecule has 0 saturated heterocycles. The maximum Gasteiger partial charge on any atom is 0.185 e. The normalized spacial score (nSPS) is 11.4. The van der Waals surface area contributed by atoms with Gasteiger partial charge >= 0.3 is 0 Å². The molecule has 0 bridgehead atoms. The van der Waals surface area contributed by atoms with Gasteiger partial charge in [0.05, 0.1) is 0 Å². The Kier molecular flexibility index (Phi) is 5.52. The van der Waals surface area contributed by atoms with Crippen molar-refractivity contribution >= 4 is 0 Å². The molecule has 0 fully saturated rings. The Hall–Kier alpha value is -0.160. The highest BCUT2D eigenvalue weighted by Gasteiger charge is 2.12. The molecule has 0 aliphatic heterocycles. The summed E-state index contributed by atoms with van der Waals surface area (Å²) in [6.45, 7) is 4.87. The zero-order valence-electron chi connectivity index (χ0n) is 6.54.